The number of hydrogen-bond donors (Lipinski definition) is 1. The summed E-state index contributed by atoms with van der Waals surface area (Å²) < 4.78 is 45.2. The van der Waals surface area contributed by atoms with E-state index in [0.29, 0.717) is 41.9 Å². The first kappa shape index (κ1) is 38.9. The largest absolute Gasteiger partial charge is 0.473 e. The van der Waals surface area contributed by atoms with Crippen molar-refractivity contribution in [2.75, 3.05) is 31.2 Å². The first-order chi connectivity index (χ1) is 24.3. The highest BCUT2D eigenvalue weighted by Gasteiger charge is 2.34. The lowest BCUT2D eigenvalue weighted by molar-refractivity contribution is -0.120. The van der Waals surface area contributed by atoms with E-state index in [4.69, 9.17) is 16.3 Å². The molecule has 9 heteroatoms. The maximum atomic E-state index is 13.1. The number of anilines is 1. The molecule has 3 unspecified atom stereocenters. The van der Waals surface area contributed by atoms with E-state index in [1.54, 1.807) is 6.07 Å². The number of rotatable bonds is 17. The molecular weight excluding hydrogens is 647 g/mol. The van der Waals surface area contributed by atoms with Gasteiger partial charge in [0.25, 0.3) is 0 Å². The minimum Gasteiger partial charge on any atom is -0.473 e. The fraction of sp³-hybridized carbons (Fsp3) is 0.595. The zero-order valence-corrected chi connectivity index (χ0v) is 31.5. The van der Waals surface area contributed by atoms with E-state index in [2.05, 4.69) is 74.6 Å². The van der Waals surface area contributed by atoms with E-state index in [0.717, 1.165) is 68.1 Å². The van der Waals surface area contributed by atoms with Crippen molar-refractivity contribution in [2.45, 2.75) is 117 Å². The maximum Gasteiger partial charge on any atom is 0.407 e. The van der Waals surface area contributed by atoms with Gasteiger partial charge in [-0.25, -0.2) is 10.4 Å². The van der Waals surface area contributed by atoms with Crippen LogP contribution in [0.4, 0.5) is 18.9 Å². The molecule has 1 aromatic carbocycles. The van der Waals surface area contributed by atoms with Gasteiger partial charge in [0.2, 0.25) is 5.88 Å². The van der Waals surface area contributed by atoms with Crippen LogP contribution in [0.25, 0.3) is 0 Å². The van der Waals surface area contributed by atoms with Crippen LogP contribution < -0.4 is 15.2 Å². The molecule has 1 aliphatic carbocycles. The van der Waals surface area contributed by atoms with Gasteiger partial charge in [-0.05, 0) is 106 Å². The summed E-state index contributed by atoms with van der Waals surface area (Å²) in [6.45, 7) is 23.2. The van der Waals surface area contributed by atoms with Gasteiger partial charge in [0.15, 0.2) is 0 Å². The van der Waals surface area contributed by atoms with Gasteiger partial charge in [0.1, 0.15) is 13.2 Å². The molecule has 3 heterocycles. The van der Waals surface area contributed by atoms with Crippen LogP contribution in [0.2, 0.25) is 0 Å². The lowest BCUT2D eigenvalue weighted by atomic mass is 9.84. The highest BCUT2D eigenvalue weighted by atomic mass is 19.4. The number of allylic oxidation sites excluding steroid dienone is 2. The second-order valence-corrected chi connectivity index (χ2v) is 15.7. The van der Waals surface area contributed by atoms with Gasteiger partial charge in [-0.2, -0.15) is 13.2 Å². The molecule has 1 saturated carbocycles. The number of aromatic nitrogens is 1. The van der Waals surface area contributed by atoms with Crippen molar-refractivity contribution >= 4 is 5.69 Å². The standard InChI is InChI=1S/C42H60F3N5O/c1-29(2)23-30(3)11-8-12-31(4)32(5)49(26-35-13-9-14-35)34(7)33(6)48-21-19-37(20-22-48)39-15-10-16-41(47-39)51-27-36-17-18-38-25-46-50(40(38)24-36)28-42(43,44)45/h8,10,12,15-18,24,29,31-33,35,37,46H,3,7,9,11,13-14,19-23,25-28H2,1-2,4-6H3/b12-8-. The Bertz CT molecular complexity index is 1490. The Balaban J connectivity index is 1.14. The number of nitrogens with one attached hydrogen (secondary N) is 1. The third-order valence-electron chi connectivity index (χ3n) is 11.2. The van der Waals surface area contributed by atoms with E-state index in [-0.39, 0.29) is 12.6 Å². The second kappa shape index (κ2) is 17.5. The zero-order chi connectivity index (χ0) is 36.7. The van der Waals surface area contributed by atoms with Gasteiger partial charge in [0, 0.05) is 48.5 Å². The summed E-state index contributed by atoms with van der Waals surface area (Å²) in [5.41, 5.74) is 8.58. The molecule has 1 aromatic heterocycles. The summed E-state index contributed by atoms with van der Waals surface area (Å²) in [6, 6.07) is 12.1. The predicted molar refractivity (Wildman–Crippen MR) is 202 cm³/mol. The molecule has 51 heavy (non-hydrogen) atoms. The average Bonchev–Trinajstić information content (AvgIpc) is 3.46. The number of benzene rings is 1. The molecule has 280 valence electrons. The van der Waals surface area contributed by atoms with Gasteiger partial charge in [-0.3, -0.25) is 9.91 Å². The normalized spacial score (nSPS) is 19.2. The van der Waals surface area contributed by atoms with Gasteiger partial charge < -0.3 is 9.64 Å². The summed E-state index contributed by atoms with van der Waals surface area (Å²) in [5, 5.41) is 1.17. The number of hydrazine groups is 1. The Morgan fingerprint density at radius 3 is 2.47 bits per heavy atom. The van der Waals surface area contributed by atoms with E-state index in [9.17, 15) is 13.2 Å². The third kappa shape index (κ3) is 10.9. The highest BCUT2D eigenvalue weighted by molar-refractivity contribution is 5.58. The smallest absolute Gasteiger partial charge is 0.407 e. The van der Waals surface area contributed by atoms with Gasteiger partial charge in [-0.15, -0.1) is 0 Å². The number of ether oxygens (including phenoxy) is 1. The number of fused-ring (bicyclic) bond motifs is 1. The van der Waals surface area contributed by atoms with Crippen molar-refractivity contribution in [1.29, 1.82) is 0 Å². The molecule has 5 rings (SSSR count). The third-order valence-corrected chi connectivity index (χ3v) is 11.2. The van der Waals surface area contributed by atoms with Gasteiger partial charge in [0.05, 0.1) is 5.69 Å². The molecule has 3 aliphatic rings. The number of halogens is 3. The van der Waals surface area contributed by atoms with Crippen LogP contribution in [0.1, 0.15) is 102 Å². The summed E-state index contributed by atoms with van der Waals surface area (Å²) in [7, 11) is 0. The summed E-state index contributed by atoms with van der Waals surface area (Å²) >= 11 is 0. The van der Waals surface area contributed by atoms with E-state index in [1.165, 1.54) is 35.5 Å². The van der Waals surface area contributed by atoms with E-state index < -0.39 is 12.7 Å². The molecule has 2 aliphatic heterocycles. The average molecular weight is 708 g/mol. The Morgan fingerprint density at radius 2 is 1.80 bits per heavy atom. The molecule has 3 atom stereocenters. The molecule has 2 aromatic rings. The summed E-state index contributed by atoms with van der Waals surface area (Å²) in [5.74, 6) is 2.69. The topological polar surface area (TPSA) is 43.9 Å². The molecule has 1 N–H and O–H groups in total. The van der Waals surface area contributed by atoms with Crippen molar-refractivity contribution in [3.63, 3.8) is 0 Å². The van der Waals surface area contributed by atoms with E-state index >= 15 is 0 Å². The molecule has 1 saturated heterocycles. The number of alkyl halides is 3. The number of likely N-dealkylation sites (tertiary alicyclic amines) is 1. The minimum atomic E-state index is -4.29. The van der Waals surface area contributed by atoms with Crippen molar-refractivity contribution in [3.05, 3.63) is 89.8 Å². The van der Waals surface area contributed by atoms with Crippen LogP contribution in [-0.2, 0) is 13.2 Å². The molecule has 0 amide bonds. The number of pyridine rings is 1. The van der Waals surface area contributed by atoms with E-state index in [1.807, 2.05) is 24.3 Å². The van der Waals surface area contributed by atoms with Crippen molar-refractivity contribution in [2.24, 2.45) is 17.8 Å². The number of hydrogen-bond acceptors (Lipinski definition) is 6. The lowest BCUT2D eigenvalue weighted by Gasteiger charge is -2.45. The van der Waals surface area contributed by atoms with Crippen LogP contribution in [0.3, 0.4) is 0 Å². The SMILES string of the molecule is C=C(C/C=C\C(C)C(C)N(CC1CCC1)C(=C)C(C)N1CCC(c2cccc(OCc3ccc4c(c3)N(CC(F)(F)F)NC4)n2)CC1)CC(C)C. The first-order valence-corrected chi connectivity index (χ1v) is 19.1. The van der Waals surface area contributed by atoms with Crippen LogP contribution >= 0.6 is 0 Å². The van der Waals surface area contributed by atoms with Crippen LogP contribution in [0, 0.1) is 17.8 Å². The number of nitrogens with zero attached hydrogens (tertiary/aromatic N) is 4. The molecule has 2 fully saturated rings. The van der Waals surface area contributed by atoms with Crippen LogP contribution in [0.5, 0.6) is 5.88 Å². The van der Waals surface area contributed by atoms with Gasteiger partial charge in [-0.1, -0.05) is 76.3 Å². The minimum absolute atomic E-state index is 0.235. The highest BCUT2D eigenvalue weighted by Crippen LogP contribution is 2.34. The maximum absolute atomic E-state index is 13.1. The van der Waals surface area contributed by atoms with Crippen LogP contribution in [0.15, 0.2) is 73.0 Å². The molecular formula is C42H60F3N5O. The fourth-order valence-corrected chi connectivity index (χ4v) is 7.67. The van der Waals surface area contributed by atoms with Gasteiger partial charge >= 0.3 is 6.18 Å². The number of piperidine rings is 1. The Kier molecular flexibility index (Phi) is 13.3. The zero-order valence-electron chi connectivity index (χ0n) is 31.5. The fourth-order valence-electron chi connectivity index (χ4n) is 7.67. The van der Waals surface area contributed by atoms with Crippen LogP contribution in [-0.4, -0.2) is 59.2 Å². The Labute approximate surface area is 304 Å². The molecule has 0 spiro atoms. The summed E-state index contributed by atoms with van der Waals surface area (Å²) in [4.78, 5) is 10.1. The second-order valence-electron chi connectivity index (χ2n) is 15.7. The lowest BCUT2D eigenvalue weighted by Crippen LogP contribution is -2.48. The quantitative estimate of drug-likeness (QED) is 0.165. The Hall–Kier alpha value is -3.30. The Morgan fingerprint density at radius 1 is 1.06 bits per heavy atom. The van der Waals surface area contributed by atoms with Crippen molar-refractivity contribution in [3.8, 4) is 5.88 Å². The monoisotopic (exact) mass is 707 g/mol. The molecule has 6 nitrogen and oxygen atoms in total. The summed E-state index contributed by atoms with van der Waals surface area (Å²) in [6.07, 6.45) is 8.44. The van der Waals surface area contributed by atoms with Crippen molar-refractivity contribution < 1.29 is 17.9 Å². The molecule has 0 radical (unpaired) electrons. The first-order valence-electron chi connectivity index (χ1n) is 19.1. The van der Waals surface area contributed by atoms with Crippen molar-refractivity contribution in [1.82, 2.24) is 20.2 Å². The molecule has 0 bridgehead atoms. The predicted octanol–water partition coefficient (Wildman–Crippen LogP) is 9.80.